The van der Waals surface area contributed by atoms with E-state index >= 15 is 0 Å². The van der Waals surface area contributed by atoms with Crippen LogP contribution in [0.3, 0.4) is 0 Å². The average Bonchev–Trinajstić information content (AvgIpc) is 2.27. The van der Waals surface area contributed by atoms with Gasteiger partial charge < -0.3 is 10.1 Å². The van der Waals surface area contributed by atoms with Gasteiger partial charge >= 0.3 is 0 Å². The van der Waals surface area contributed by atoms with E-state index < -0.39 is 0 Å². The second-order valence-electron chi connectivity index (χ2n) is 5.73. The second-order valence-corrected chi connectivity index (χ2v) is 5.73. The van der Waals surface area contributed by atoms with E-state index in [-0.39, 0.29) is 5.60 Å². The molecule has 0 amide bonds. The van der Waals surface area contributed by atoms with E-state index in [0.717, 1.165) is 32.8 Å². The zero-order valence-corrected chi connectivity index (χ0v) is 12.1. The maximum Gasteiger partial charge on any atom is 0.0753 e. The third-order valence-electron chi connectivity index (χ3n) is 3.40. The van der Waals surface area contributed by atoms with Gasteiger partial charge in [-0.15, -0.1) is 0 Å². The maximum atomic E-state index is 5.79. The molecule has 0 aromatic heterocycles. The van der Waals surface area contributed by atoms with Gasteiger partial charge in [0, 0.05) is 25.7 Å². The highest BCUT2D eigenvalue weighted by Gasteiger charge is 2.30. The van der Waals surface area contributed by atoms with Gasteiger partial charge in [-0.3, -0.25) is 4.90 Å². The Morgan fingerprint density at radius 2 is 2.06 bits per heavy atom. The number of rotatable bonds is 7. The molecule has 1 N–H and O–H groups in total. The van der Waals surface area contributed by atoms with Gasteiger partial charge in [-0.25, -0.2) is 0 Å². The van der Waals surface area contributed by atoms with Crippen LogP contribution in [-0.2, 0) is 4.74 Å². The van der Waals surface area contributed by atoms with Gasteiger partial charge in [0.15, 0.2) is 0 Å². The summed E-state index contributed by atoms with van der Waals surface area (Å²) in [6.45, 7) is 14.2. The maximum absolute atomic E-state index is 5.79. The van der Waals surface area contributed by atoms with E-state index in [9.17, 15) is 0 Å². The Balaban J connectivity index is 2.44. The van der Waals surface area contributed by atoms with Crippen LogP contribution >= 0.6 is 0 Å². The van der Waals surface area contributed by atoms with Crippen molar-refractivity contribution in [3.8, 4) is 0 Å². The Labute approximate surface area is 107 Å². The molecule has 0 aromatic carbocycles. The predicted octanol–water partition coefficient (Wildman–Crippen LogP) is 2.27. The van der Waals surface area contributed by atoms with E-state index in [0.29, 0.717) is 6.04 Å². The topological polar surface area (TPSA) is 24.5 Å². The van der Waals surface area contributed by atoms with Crippen LogP contribution in [0.4, 0.5) is 0 Å². The molecule has 3 nitrogen and oxygen atoms in total. The van der Waals surface area contributed by atoms with Crippen LogP contribution in [0.1, 0.15) is 47.0 Å². The van der Waals surface area contributed by atoms with Crippen molar-refractivity contribution in [2.45, 2.75) is 58.6 Å². The molecule has 1 heterocycles. The highest BCUT2D eigenvalue weighted by Crippen LogP contribution is 2.19. The molecule has 1 aliphatic rings. The summed E-state index contributed by atoms with van der Waals surface area (Å²) in [5, 5.41) is 3.56. The summed E-state index contributed by atoms with van der Waals surface area (Å²) in [5.41, 5.74) is 0.0228. The van der Waals surface area contributed by atoms with Crippen LogP contribution in [0.25, 0.3) is 0 Å². The van der Waals surface area contributed by atoms with Gasteiger partial charge in [0.2, 0.25) is 0 Å². The normalized spacial score (nSPS) is 22.6. The first-order chi connectivity index (χ1) is 8.09. The van der Waals surface area contributed by atoms with Crippen molar-refractivity contribution in [2.24, 2.45) is 0 Å². The quantitative estimate of drug-likeness (QED) is 0.693. The van der Waals surface area contributed by atoms with Gasteiger partial charge in [0.05, 0.1) is 12.2 Å². The Morgan fingerprint density at radius 1 is 1.29 bits per heavy atom. The van der Waals surface area contributed by atoms with Crippen molar-refractivity contribution >= 4 is 0 Å². The molecule has 1 aliphatic heterocycles. The number of nitrogens with one attached hydrogen (secondary N) is 1. The van der Waals surface area contributed by atoms with Gasteiger partial charge in [-0.1, -0.05) is 20.3 Å². The molecule has 0 aromatic rings. The lowest BCUT2D eigenvalue weighted by Gasteiger charge is -2.42. The molecule has 1 saturated heterocycles. The van der Waals surface area contributed by atoms with E-state index in [2.05, 4.69) is 37.9 Å². The van der Waals surface area contributed by atoms with E-state index in [1.807, 2.05) is 0 Å². The molecule has 0 spiro atoms. The fourth-order valence-electron chi connectivity index (χ4n) is 2.56. The lowest BCUT2D eigenvalue weighted by atomic mass is 10.0. The molecule has 1 unspecified atom stereocenters. The SMILES string of the molecule is CCCNCC(CCC)N1CCOC(C)(C)C1. The van der Waals surface area contributed by atoms with E-state index in [4.69, 9.17) is 4.74 Å². The summed E-state index contributed by atoms with van der Waals surface area (Å²) in [6, 6.07) is 0.676. The van der Waals surface area contributed by atoms with Crippen LogP contribution in [0.2, 0.25) is 0 Å². The molecule has 17 heavy (non-hydrogen) atoms. The standard InChI is InChI=1S/C14H30N2O/c1-5-7-13(11-15-8-6-2)16-9-10-17-14(3,4)12-16/h13,15H,5-12H2,1-4H3. The third-order valence-corrected chi connectivity index (χ3v) is 3.40. The van der Waals surface area contributed by atoms with Gasteiger partial charge in [0.25, 0.3) is 0 Å². The molecule has 102 valence electrons. The van der Waals surface area contributed by atoms with Crippen LogP contribution in [0.5, 0.6) is 0 Å². The molecule has 0 saturated carbocycles. The molecular formula is C14H30N2O. The Morgan fingerprint density at radius 3 is 2.65 bits per heavy atom. The molecule has 1 atom stereocenters. The Hall–Kier alpha value is -0.120. The minimum atomic E-state index is 0.0228. The highest BCUT2D eigenvalue weighted by atomic mass is 16.5. The summed E-state index contributed by atoms with van der Waals surface area (Å²) < 4.78 is 5.79. The first-order valence-electron chi connectivity index (χ1n) is 7.17. The van der Waals surface area contributed by atoms with Crippen molar-refractivity contribution in [1.29, 1.82) is 0 Å². The van der Waals surface area contributed by atoms with Crippen molar-refractivity contribution < 1.29 is 4.74 Å². The molecule has 0 radical (unpaired) electrons. The largest absolute Gasteiger partial charge is 0.373 e. The summed E-state index contributed by atoms with van der Waals surface area (Å²) in [6.07, 6.45) is 3.76. The number of hydrogen-bond donors (Lipinski definition) is 1. The monoisotopic (exact) mass is 242 g/mol. The van der Waals surface area contributed by atoms with Crippen molar-refractivity contribution in [3.05, 3.63) is 0 Å². The minimum absolute atomic E-state index is 0.0228. The smallest absolute Gasteiger partial charge is 0.0753 e. The number of hydrogen-bond acceptors (Lipinski definition) is 3. The Bertz CT molecular complexity index is 206. The molecule has 1 rings (SSSR count). The minimum Gasteiger partial charge on any atom is -0.373 e. The van der Waals surface area contributed by atoms with Gasteiger partial charge in [-0.05, 0) is 33.2 Å². The number of ether oxygens (including phenoxy) is 1. The molecule has 1 fully saturated rings. The third kappa shape index (κ3) is 5.36. The van der Waals surface area contributed by atoms with Crippen molar-refractivity contribution in [1.82, 2.24) is 10.2 Å². The molecule has 0 bridgehead atoms. The lowest BCUT2D eigenvalue weighted by molar-refractivity contribution is -0.0975. The molecule has 0 aliphatic carbocycles. The van der Waals surface area contributed by atoms with Crippen molar-refractivity contribution in [2.75, 3.05) is 32.8 Å². The first-order valence-corrected chi connectivity index (χ1v) is 7.17. The number of nitrogens with zero attached hydrogens (tertiary/aromatic N) is 1. The fourth-order valence-corrected chi connectivity index (χ4v) is 2.56. The van der Waals surface area contributed by atoms with Crippen LogP contribution in [-0.4, -0.2) is 49.3 Å². The van der Waals surface area contributed by atoms with Crippen molar-refractivity contribution in [3.63, 3.8) is 0 Å². The summed E-state index contributed by atoms with van der Waals surface area (Å²) in [5.74, 6) is 0. The molecular weight excluding hydrogens is 212 g/mol. The van der Waals surface area contributed by atoms with Gasteiger partial charge in [-0.2, -0.15) is 0 Å². The number of morpholine rings is 1. The summed E-state index contributed by atoms with van der Waals surface area (Å²) in [4.78, 5) is 2.61. The van der Waals surface area contributed by atoms with Crippen LogP contribution in [0, 0.1) is 0 Å². The average molecular weight is 242 g/mol. The Kier molecular flexibility index (Phi) is 6.45. The zero-order valence-electron chi connectivity index (χ0n) is 12.1. The highest BCUT2D eigenvalue weighted by molar-refractivity contribution is 4.84. The van der Waals surface area contributed by atoms with Crippen LogP contribution < -0.4 is 5.32 Å². The summed E-state index contributed by atoms with van der Waals surface area (Å²) in [7, 11) is 0. The summed E-state index contributed by atoms with van der Waals surface area (Å²) >= 11 is 0. The zero-order chi connectivity index (χ0) is 12.7. The molecule has 3 heteroatoms. The van der Waals surface area contributed by atoms with Crippen LogP contribution in [0.15, 0.2) is 0 Å². The van der Waals surface area contributed by atoms with Gasteiger partial charge in [0.1, 0.15) is 0 Å². The fraction of sp³-hybridized carbons (Fsp3) is 1.00. The van der Waals surface area contributed by atoms with E-state index in [1.54, 1.807) is 0 Å². The predicted molar refractivity (Wildman–Crippen MR) is 73.5 cm³/mol. The van der Waals surface area contributed by atoms with E-state index in [1.165, 1.54) is 19.3 Å². The second kappa shape index (κ2) is 7.34. The first kappa shape index (κ1) is 14.9. The lowest BCUT2D eigenvalue weighted by Crippen LogP contribution is -2.54.